The first-order valence-corrected chi connectivity index (χ1v) is 3.56. The maximum Gasteiger partial charge on any atom is 0.333 e. The average molecular weight is 158 g/mol. The van der Waals surface area contributed by atoms with Crippen molar-refractivity contribution in [1.29, 1.82) is 0 Å². The van der Waals surface area contributed by atoms with E-state index in [9.17, 15) is 4.79 Å². The summed E-state index contributed by atoms with van der Waals surface area (Å²) < 4.78 is 4.79. The third kappa shape index (κ3) is 3.78. The van der Waals surface area contributed by atoms with Crippen LogP contribution in [0.2, 0.25) is 0 Å². The van der Waals surface area contributed by atoms with Crippen molar-refractivity contribution in [2.45, 2.75) is 26.9 Å². The number of carbonyl (C=O) groups excluding carboxylic acids is 1. The molecule has 1 N–H and O–H groups in total. The van der Waals surface area contributed by atoms with Gasteiger partial charge < -0.3 is 9.84 Å². The standard InChI is InChI=1S/C8H14O3/c1-4-6(2)8(10)11-7(3)5-9/h4,7,9H,5H2,1-3H3/b6-4+. The van der Waals surface area contributed by atoms with Gasteiger partial charge in [-0.3, -0.25) is 0 Å². The molecule has 0 aliphatic carbocycles. The smallest absolute Gasteiger partial charge is 0.333 e. The van der Waals surface area contributed by atoms with Crippen LogP contribution < -0.4 is 0 Å². The molecular weight excluding hydrogens is 144 g/mol. The van der Waals surface area contributed by atoms with Gasteiger partial charge in [0.15, 0.2) is 0 Å². The minimum atomic E-state index is -0.419. The average Bonchev–Trinajstić information content (AvgIpc) is 2.02. The maximum absolute atomic E-state index is 10.9. The lowest BCUT2D eigenvalue weighted by atomic mass is 10.3. The minimum absolute atomic E-state index is 0.136. The third-order valence-electron chi connectivity index (χ3n) is 1.32. The van der Waals surface area contributed by atoms with Crippen LogP contribution in [0.3, 0.4) is 0 Å². The Kier molecular flexibility index (Phi) is 4.54. The number of rotatable bonds is 3. The van der Waals surface area contributed by atoms with Gasteiger partial charge >= 0.3 is 5.97 Å². The van der Waals surface area contributed by atoms with Crippen LogP contribution in [-0.4, -0.2) is 23.8 Å². The third-order valence-corrected chi connectivity index (χ3v) is 1.32. The lowest BCUT2D eigenvalue weighted by Gasteiger charge is -2.09. The molecule has 0 aliphatic heterocycles. The summed E-state index contributed by atoms with van der Waals surface area (Å²) in [5.74, 6) is -0.367. The fourth-order valence-corrected chi connectivity index (χ4v) is 0.431. The second kappa shape index (κ2) is 4.91. The molecule has 3 nitrogen and oxygen atoms in total. The topological polar surface area (TPSA) is 46.5 Å². The van der Waals surface area contributed by atoms with Gasteiger partial charge in [0.25, 0.3) is 0 Å². The van der Waals surface area contributed by atoms with Crippen molar-refractivity contribution >= 4 is 5.97 Å². The van der Waals surface area contributed by atoms with Gasteiger partial charge in [0.1, 0.15) is 6.10 Å². The zero-order valence-electron chi connectivity index (χ0n) is 7.13. The zero-order chi connectivity index (χ0) is 8.85. The summed E-state index contributed by atoms with van der Waals surface area (Å²) in [4.78, 5) is 10.9. The summed E-state index contributed by atoms with van der Waals surface area (Å²) in [6.07, 6.45) is 1.25. The molecule has 0 spiro atoms. The van der Waals surface area contributed by atoms with Crippen molar-refractivity contribution < 1.29 is 14.6 Å². The monoisotopic (exact) mass is 158 g/mol. The molecule has 1 atom stereocenters. The molecule has 0 aromatic carbocycles. The Hall–Kier alpha value is -0.830. The fourth-order valence-electron chi connectivity index (χ4n) is 0.431. The van der Waals surface area contributed by atoms with E-state index in [2.05, 4.69) is 0 Å². The van der Waals surface area contributed by atoms with Gasteiger partial charge in [0.05, 0.1) is 6.61 Å². The molecule has 0 heterocycles. The van der Waals surface area contributed by atoms with Crippen molar-refractivity contribution in [3.63, 3.8) is 0 Å². The van der Waals surface area contributed by atoms with Gasteiger partial charge in [-0.25, -0.2) is 4.79 Å². The number of hydrogen-bond acceptors (Lipinski definition) is 3. The molecule has 0 saturated heterocycles. The molecule has 0 fully saturated rings. The molecule has 64 valence electrons. The molecule has 11 heavy (non-hydrogen) atoms. The highest BCUT2D eigenvalue weighted by molar-refractivity contribution is 5.87. The van der Waals surface area contributed by atoms with Crippen LogP contribution in [-0.2, 0) is 9.53 Å². The van der Waals surface area contributed by atoms with Crippen molar-refractivity contribution in [2.75, 3.05) is 6.61 Å². The zero-order valence-corrected chi connectivity index (χ0v) is 7.13. The lowest BCUT2D eigenvalue weighted by molar-refractivity contribution is -0.145. The second-order valence-electron chi connectivity index (χ2n) is 2.37. The number of hydrogen-bond donors (Lipinski definition) is 1. The van der Waals surface area contributed by atoms with Gasteiger partial charge in [0, 0.05) is 5.57 Å². The highest BCUT2D eigenvalue weighted by Crippen LogP contribution is 1.99. The van der Waals surface area contributed by atoms with E-state index in [0.717, 1.165) is 0 Å². The number of esters is 1. The number of allylic oxidation sites excluding steroid dienone is 1. The quantitative estimate of drug-likeness (QED) is 0.490. The summed E-state index contributed by atoms with van der Waals surface area (Å²) in [7, 11) is 0. The number of aliphatic hydroxyl groups is 1. The molecule has 0 bridgehead atoms. The van der Waals surface area contributed by atoms with Gasteiger partial charge in [-0.1, -0.05) is 6.08 Å². The first-order chi connectivity index (χ1) is 5.11. The molecule has 0 rings (SSSR count). The first kappa shape index (κ1) is 10.2. The molecule has 0 aliphatic rings. The Labute approximate surface area is 66.7 Å². The predicted molar refractivity (Wildman–Crippen MR) is 42.1 cm³/mol. The molecule has 0 amide bonds. The SMILES string of the molecule is C/C=C(\C)C(=O)OC(C)CO. The van der Waals surface area contributed by atoms with Crippen LogP contribution in [0.4, 0.5) is 0 Å². The Morgan fingerprint density at radius 1 is 1.73 bits per heavy atom. The summed E-state index contributed by atoms with van der Waals surface area (Å²) in [5.41, 5.74) is 0.560. The Bertz CT molecular complexity index is 161. The largest absolute Gasteiger partial charge is 0.457 e. The second-order valence-corrected chi connectivity index (χ2v) is 2.37. The highest BCUT2D eigenvalue weighted by Gasteiger charge is 2.08. The van der Waals surface area contributed by atoms with Crippen LogP contribution in [0, 0.1) is 0 Å². The number of aliphatic hydroxyl groups excluding tert-OH is 1. The lowest BCUT2D eigenvalue weighted by Crippen LogP contribution is -2.18. The number of carbonyl (C=O) groups is 1. The molecule has 0 saturated carbocycles. The Morgan fingerprint density at radius 3 is 2.64 bits per heavy atom. The summed E-state index contributed by atoms with van der Waals surface area (Å²) in [6, 6.07) is 0. The van der Waals surface area contributed by atoms with Crippen LogP contribution in [0.25, 0.3) is 0 Å². The van der Waals surface area contributed by atoms with Gasteiger partial charge in [0.2, 0.25) is 0 Å². The van der Waals surface area contributed by atoms with E-state index in [1.165, 1.54) is 0 Å². The van der Waals surface area contributed by atoms with Crippen LogP contribution >= 0.6 is 0 Å². The summed E-state index contributed by atoms with van der Waals surface area (Å²) in [6.45, 7) is 4.94. The van der Waals surface area contributed by atoms with E-state index in [1.54, 1.807) is 26.8 Å². The highest BCUT2D eigenvalue weighted by atomic mass is 16.5. The fraction of sp³-hybridized carbons (Fsp3) is 0.625. The Balaban J connectivity index is 3.88. The van der Waals surface area contributed by atoms with Crippen molar-refractivity contribution in [1.82, 2.24) is 0 Å². The van der Waals surface area contributed by atoms with Crippen molar-refractivity contribution in [3.05, 3.63) is 11.6 Å². The minimum Gasteiger partial charge on any atom is -0.457 e. The summed E-state index contributed by atoms with van der Waals surface area (Å²) >= 11 is 0. The maximum atomic E-state index is 10.9. The molecule has 3 heteroatoms. The molecule has 0 radical (unpaired) electrons. The van der Waals surface area contributed by atoms with E-state index < -0.39 is 6.10 Å². The van der Waals surface area contributed by atoms with Crippen LogP contribution in [0.1, 0.15) is 20.8 Å². The summed E-state index contributed by atoms with van der Waals surface area (Å²) in [5, 5.41) is 8.54. The van der Waals surface area contributed by atoms with Crippen LogP contribution in [0.5, 0.6) is 0 Å². The van der Waals surface area contributed by atoms with Gasteiger partial charge in [-0.05, 0) is 20.8 Å². The van der Waals surface area contributed by atoms with E-state index in [0.29, 0.717) is 5.57 Å². The van der Waals surface area contributed by atoms with Crippen molar-refractivity contribution in [3.8, 4) is 0 Å². The molecule has 0 aromatic rings. The van der Waals surface area contributed by atoms with E-state index in [4.69, 9.17) is 9.84 Å². The number of ether oxygens (including phenoxy) is 1. The van der Waals surface area contributed by atoms with E-state index in [1.807, 2.05) is 0 Å². The normalized spacial score (nSPS) is 14.4. The first-order valence-electron chi connectivity index (χ1n) is 3.56. The van der Waals surface area contributed by atoms with Gasteiger partial charge in [-0.15, -0.1) is 0 Å². The van der Waals surface area contributed by atoms with Crippen LogP contribution in [0.15, 0.2) is 11.6 Å². The van der Waals surface area contributed by atoms with E-state index >= 15 is 0 Å². The van der Waals surface area contributed by atoms with Gasteiger partial charge in [-0.2, -0.15) is 0 Å². The van der Waals surface area contributed by atoms with E-state index in [-0.39, 0.29) is 12.6 Å². The molecule has 0 aromatic heterocycles. The van der Waals surface area contributed by atoms with Crippen molar-refractivity contribution in [2.24, 2.45) is 0 Å². The molecule has 1 unspecified atom stereocenters. The molecular formula is C8H14O3. The predicted octanol–water partition coefficient (Wildman–Crippen LogP) is 0.877. The Morgan fingerprint density at radius 2 is 2.27 bits per heavy atom.